The number of carbonyl (C=O) groups excluding carboxylic acids is 1. The van der Waals surface area contributed by atoms with Crippen LogP contribution in [0.25, 0.3) is 0 Å². The lowest BCUT2D eigenvalue weighted by molar-refractivity contribution is 0.0775. The Labute approximate surface area is 128 Å². The Morgan fingerprint density at radius 2 is 2.20 bits per heavy atom. The van der Waals surface area contributed by atoms with Crippen molar-refractivity contribution in [3.63, 3.8) is 0 Å². The molecule has 2 fully saturated rings. The molecule has 1 unspecified atom stereocenters. The molecule has 2 saturated heterocycles. The highest BCUT2D eigenvalue weighted by molar-refractivity contribution is 6.30. The van der Waals surface area contributed by atoms with Crippen LogP contribution in [0.1, 0.15) is 23.2 Å². The molecule has 1 N–H and O–H groups in total. The highest BCUT2D eigenvalue weighted by Crippen LogP contribution is 2.36. The number of nitrogens with one attached hydrogen (secondary N) is 1. The first-order valence-electron chi connectivity index (χ1n) is 6.55. The first kappa shape index (κ1) is 15.5. The Morgan fingerprint density at radius 1 is 1.40 bits per heavy atom. The van der Waals surface area contributed by atoms with Crippen molar-refractivity contribution in [3.8, 4) is 0 Å². The number of benzene rings is 1. The summed E-state index contributed by atoms with van der Waals surface area (Å²) < 4.78 is 13.4. The van der Waals surface area contributed by atoms with Crippen molar-refractivity contribution in [2.75, 3.05) is 26.2 Å². The van der Waals surface area contributed by atoms with Gasteiger partial charge in [0.25, 0.3) is 5.91 Å². The molecule has 1 aromatic carbocycles. The predicted molar refractivity (Wildman–Crippen MR) is 79.1 cm³/mol. The van der Waals surface area contributed by atoms with Crippen LogP contribution in [0.3, 0.4) is 0 Å². The van der Waals surface area contributed by atoms with Gasteiger partial charge in [-0.25, -0.2) is 4.39 Å². The van der Waals surface area contributed by atoms with E-state index in [1.165, 1.54) is 12.1 Å². The van der Waals surface area contributed by atoms with Crippen LogP contribution in [-0.4, -0.2) is 37.0 Å². The molecule has 20 heavy (non-hydrogen) atoms. The van der Waals surface area contributed by atoms with Gasteiger partial charge in [-0.05, 0) is 37.6 Å². The fourth-order valence-corrected chi connectivity index (χ4v) is 3.18. The Morgan fingerprint density at radius 3 is 2.85 bits per heavy atom. The summed E-state index contributed by atoms with van der Waals surface area (Å²) in [5.41, 5.74) is 0.616. The van der Waals surface area contributed by atoms with Gasteiger partial charge in [0.2, 0.25) is 0 Å². The smallest absolute Gasteiger partial charge is 0.253 e. The number of amides is 1. The summed E-state index contributed by atoms with van der Waals surface area (Å²) in [5.74, 6) is -0.636. The second kappa shape index (κ2) is 5.88. The molecule has 1 amide bonds. The van der Waals surface area contributed by atoms with Gasteiger partial charge in [0.15, 0.2) is 0 Å². The Hall–Kier alpha value is -0.840. The normalized spacial score (nSPS) is 25.0. The van der Waals surface area contributed by atoms with Gasteiger partial charge in [-0.1, -0.05) is 11.6 Å². The molecule has 0 bridgehead atoms. The summed E-state index contributed by atoms with van der Waals surface area (Å²) in [6.07, 6.45) is 2.15. The Kier molecular flexibility index (Phi) is 4.57. The molecule has 110 valence electrons. The van der Waals surface area contributed by atoms with E-state index in [1.807, 2.05) is 4.90 Å². The average molecular weight is 319 g/mol. The Balaban J connectivity index is 0.00000147. The summed E-state index contributed by atoms with van der Waals surface area (Å²) in [5, 5.41) is 3.41. The van der Waals surface area contributed by atoms with Gasteiger partial charge in [0, 0.05) is 30.6 Å². The van der Waals surface area contributed by atoms with E-state index >= 15 is 0 Å². The summed E-state index contributed by atoms with van der Waals surface area (Å²) in [4.78, 5) is 14.2. The van der Waals surface area contributed by atoms with Gasteiger partial charge in [-0.3, -0.25) is 4.79 Å². The van der Waals surface area contributed by atoms with Crippen LogP contribution in [0.5, 0.6) is 0 Å². The average Bonchev–Trinajstić information content (AvgIpc) is 3.03. The van der Waals surface area contributed by atoms with Crippen molar-refractivity contribution in [1.29, 1.82) is 0 Å². The van der Waals surface area contributed by atoms with Gasteiger partial charge in [0.1, 0.15) is 5.82 Å². The van der Waals surface area contributed by atoms with Gasteiger partial charge in [-0.15, -0.1) is 12.4 Å². The van der Waals surface area contributed by atoms with Crippen molar-refractivity contribution < 1.29 is 9.18 Å². The highest BCUT2D eigenvalue weighted by Gasteiger charge is 2.41. The van der Waals surface area contributed by atoms with Crippen molar-refractivity contribution >= 4 is 29.9 Å². The maximum atomic E-state index is 13.4. The zero-order chi connectivity index (χ0) is 13.5. The summed E-state index contributed by atoms with van der Waals surface area (Å²) in [7, 11) is 0. The van der Waals surface area contributed by atoms with Crippen molar-refractivity contribution in [1.82, 2.24) is 10.2 Å². The van der Waals surface area contributed by atoms with E-state index in [0.29, 0.717) is 5.56 Å². The second-order valence-electron chi connectivity index (χ2n) is 5.53. The van der Waals surface area contributed by atoms with E-state index in [2.05, 4.69) is 5.32 Å². The van der Waals surface area contributed by atoms with Crippen molar-refractivity contribution in [3.05, 3.63) is 34.6 Å². The van der Waals surface area contributed by atoms with Crippen LogP contribution in [0.2, 0.25) is 5.02 Å². The zero-order valence-corrected chi connectivity index (χ0v) is 12.6. The largest absolute Gasteiger partial charge is 0.338 e. The van der Waals surface area contributed by atoms with Gasteiger partial charge in [-0.2, -0.15) is 0 Å². The molecular formula is C14H17Cl2FN2O. The second-order valence-corrected chi connectivity index (χ2v) is 5.94. The van der Waals surface area contributed by atoms with Crippen LogP contribution >= 0.6 is 24.0 Å². The maximum Gasteiger partial charge on any atom is 0.253 e. The number of nitrogens with zero attached hydrogens (tertiary/aromatic N) is 1. The number of likely N-dealkylation sites (tertiary alicyclic amines) is 1. The minimum Gasteiger partial charge on any atom is -0.338 e. The third-order valence-corrected chi connectivity index (χ3v) is 4.53. The number of hydrogen-bond donors (Lipinski definition) is 1. The van der Waals surface area contributed by atoms with Crippen LogP contribution in [0.4, 0.5) is 4.39 Å². The minimum absolute atomic E-state index is 0. The topological polar surface area (TPSA) is 32.3 Å². The first-order valence-corrected chi connectivity index (χ1v) is 6.93. The van der Waals surface area contributed by atoms with E-state index in [9.17, 15) is 9.18 Å². The lowest BCUT2D eigenvalue weighted by Crippen LogP contribution is -2.33. The molecule has 0 saturated carbocycles. The lowest BCUT2D eigenvalue weighted by Gasteiger charge is -2.22. The quantitative estimate of drug-likeness (QED) is 0.863. The molecule has 2 aliphatic heterocycles. The molecule has 2 heterocycles. The van der Waals surface area contributed by atoms with E-state index in [1.54, 1.807) is 6.07 Å². The summed E-state index contributed by atoms with van der Waals surface area (Å²) in [6, 6.07) is 4.25. The number of carbonyl (C=O) groups is 1. The van der Waals surface area contributed by atoms with E-state index < -0.39 is 5.82 Å². The highest BCUT2D eigenvalue weighted by atomic mass is 35.5. The third kappa shape index (κ3) is 2.78. The molecule has 0 radical (unpaired) electrons. The molecule has 3 rings (SSSR count). The van der Waals surface area contributed by atoms with E-state index in [-0.39, 0.29) is 28.8 Å². The maximum absolute atomic E-state index is 13.4. The molecule has 1 aromatic rings. The van der Waals surface area contributed by atoms with Crippen LogP contribution in [0.15, 0.2) is 18.2 Å². The standard InChI is InChI=1S/C14H16ClFN2O.ClH/c15-11-2-1-10(7-12(11)16)13(19)18-6-4-14(9-18)3-5-17-8-14;/h1-2,7,17H,3-6,8-9H2;1H. The molecule has 3 nitrogen and oxygen atoms in total. The molecule has 6 heteroatoms. The number of halogens is 3. The van der Waals surface area contributed by atoms with Crippen LogP contribution in [0, 0.1) is 11.2 Å². The van der Waals surface area contributed by atoms with Crippen LogP contribution in [-0.2, 0) is 0 Å². The molecular weight excluding hydrogens is 302 g/mol. The predicted octanol–water partition coefficient (Wildman–Crippen LogP) is 2.73. The summed E-state index contributed by atoms with van der Waals surface area (Å²) in [6.45, 7) is 3.53. The lowest BCUT2D eigenvalue weighted by atomic mass is 9.86. The molecule has 1 spiro atoms. The number of rotatable bonds is 1. The molecule has 1 atom stereocenters. The van der Waals surface area contributed by atoms with Crippen molar-refractivity contribution in [2.24, 2.45) is 5.41 Å². The fourth-order valence-electron chi connectivity index (χ4n) is 3.06. The van der Waals surface area contributed by atoms with Crippen LogP contribution < -0.4 is 5.32 Å². The van der Waals surface area contributed by atoms with E-state index in [0.717, 1.165) is 39.0 Å². The molecule has 0 aromatic heterocycles. The SMILES string of the molecule is Cl.O=C(c1ccc(Cl)c(F)c1)N1CCC2(CCNC2)C1. The number of hydrogen-bond acceptors (Lipinski definition) is 2. The van der Waals surface area contributed by atoms with Gasteiger partial charge in [0.05, 0.1) is 5.02 Å². The minimum atomic E-state index is -0.538. The van der Waals surface area contributed by atoms with E-state index in [4.69, 9.17) is 11.6 Å². The molecule has 0 aliphatic carbocycles. The van der Waals surface area contributed by atoms with Gasteiger partial charge < -0.3 is 10.2 Å². The van der Waals surface area contributed by atoms with Crippen molar-refractivity contribution in [2.45, 2.75) is 12.8 Å². The summed E-state index contributed by atoms with van der Waals surface area (Å²) >= 11 is 5.64. The monoisotopic (exact) mass is 318 g/mol. The third-order valence-electron chi connectivity index (χ3n) is 4.22. The Bertz CT molecular complexity index is 518. The molecule has 2 aliphatic rings. The van der Waals surface area contributed by atoms with Gasteiger partial charge >= 0.3 is 0 Å². The first-order chi connectivity index (χ1) is 9.10. The zero-order valence-electron chi connectivity index (χ0n) is 11.0. The fraction of sp³-hybridized carbons (Fsp3) is 0.500.